The first kappa shape index (κ1) is 18.6. The summed E-state index contributed by atoms with van der Waals surface area (Å²) in [7, 11) is 0. The molecule has 0 aliphatic heterocycles. The third kappa shape index (κ3) is 3.99. The Morgan fingerprint density at radius 1 is 1.11 bits per heavy atom. The molecular formula is C19H16F3N3O2. The zero-order chi connectivity index (χ0) is 19.6. The smallest absolute Gasteiger partial charge is 0.273 e. The Kier molecular flexibility index (Phi) is 4.98. The lowest BCUT2D eigenvalue weighted by Crippen LogP contribution is -2.37. The van der Waals surface area contributed by atoms with Crippen molar-refractivity contribution in [3.05, 3.63) is 75.8 Å². The first-order chi connectivity index (χ1) is 12.8. The van der Waals surface area contributed by atoms with Crippen molar-refractivity contribution in [3.8, 4) is 0 Å². The number of benzene rings is 2. The van der Waals surface area contributed by atoms with Crippen molar-refractivity contribution >= 4 is 16.8 Å². The predicted octanol–water partition coefficient (Wildman–Crippen LogP) is 3.29. The molecule has 0 fully saturated rings. The molecule has 1 aromatic heterocycles. The number of carbonyl (C=O) groups excluding carboxylic acids is 1. The quantitative estimate of drug-likeness (QED) is 0.761. The Hall–Kier alpha value is -3.16. The molecule has 0 radical (unpaired) electrons. The number of nitrogens with zero attached hydrogens (tertiary/aromatic N) is 2. The maximum absolute atomic E-state index is 12.6. The molecule has 0 atom stereocenters. The summed E-state index contributed by atoms with van der Waals surface area (Å²) in [5.41, 5.74) is 2.25. The maximum atomic E-state index is 12.6. The zero-order valence-electron chi connectivity index (χ0n) is 14.4. The number of halogens is 3. The summed E-state index contributed by atoms with van der Waals surface area (Å²) < 4.78 is 38.9. The highest BCUT2D eigenvalue weighted by Gasteiger charge is 2.30. The minimum absolute atomic E-state index is 0.166. The topological polar surface area (TPSA) is 64.0 Å². The molecule has 0 bridgehead atoms. The highest BCUT2D eigenvalue weighted by Crippen LogP contribution is 2.29. The van der Waals surface area contributed by atoms with Gasteiger partial charge in [-0.25, -0.2) is 9.66 Å². The Morgan fingerprint density at radius 3 is 2.41 bits per heavy atom. The van der Waals surface area contributed by atoms with E-state index < -0.39 is 23.2 Å². The molecule has 1 heterocycles. The van der Waals surface area contributed by atoms with E-state index in [1.54, 1.807) is 31.2 Å². The first-order valence-electron chi connectivity index (χ1n) is 8.26. The molecule has 0 aliphatic rings. The summed E-state index contributed by atoms with van der Waals surface area (Å²) in [6.45, 7) is 1.80. The van der Waals surface area contributed by atoms with E-state index in [2.05, 4.69) is 10.4 Å². The van der Waals surface area contributed by atoms with E-state index in [1.165, 1.54) is 12.1 Å². The van der Waals surface area contributed by atoms with Gasteiger partial charge in [0.25, 0.3) is 5.56 Å². The van der Waals surface area contributed by atoms with Crippen molar-refractivity contribution in [2.75, 3.05) is 5.43 Å². The van der Waals surface area contributed by atoms with Crippen LogP contribution in [0.15, 0.2) is 53.3 Å². The normalized spacial score (nSPS) is 11.6. The van der Waals surface area contributed by atoms with E-state index in [0.29, 0.717) is 28.7 Å². The van der Waals surface area contributed by atoms with Gasteiger partial charge >= 0.3 is 6.18 Å². The van der Waals surface area contributed by atoms with Gasteiger partial charge in [-0.05, 0) is 29.8 Å². The molecule has 0 saturated carbocycles. The van der Waals surface area contributed by atoms with E-state index in [-0.39, 0.29) is 6.42 Å². The summed E-state index contributed by atoms with van der Waals surface area (Å²) in [4.78, 5) is 29.3. The van der Waals surface area contributed by atoms with Crippen molar-refractivity contribution in [2.45, 2.75) is 25.9 Å². The van der Waals surface area contributed by atoms with Gasteiger partial charge in [-0.3, -0.25) is 15.0 Å². The third-order valence-corrected chi connectivity index (χ3v) is 4.04. The van der Waals surface area contributed by atoms with Crippen LogP contribution >= 0.6 is 0 Å². The third-order valence-electron chi connectivity index (χ3n) is 4.04. The highest BCUT2D eigenvalue weighted by atomic mass is 19.4. The van der Waals surface area contributed by atoms with Crippen molar-refractivity contribution in [2.24, 2.45) is 0 Å². The van der Waals surface area contributed by atoms with Gasteiger partial charge in [0.15, 0.2) is 0 Å². The lowest BCUT2D eigenvalue weighted by molar-refractivity contribution is -0.137. The number of fused-ring (bicyclic) bond motifs is 1. The molecule has 8 heteroatoms. The number of alkyl halides is 3. The Morgan fingerprint density at radius 2 is 1.78 bits per heavy atom. The minimum Gasteiger partial charge on any atom is -0.273 e. The van der Waals surface area contributed by atoms with Gasteiger partial charge in [0.2, 0.25) is 5.91 Å². The molecule has 3 rings (SSSR count). The van der Waals surface area contributed by atoms with Crippen molar-refractivity contribution < 1.29 is 18.0 Å². The van der Waals surface area contributed by atoms with Crippen LogP contribution in [0.3, 0.4) is 0 Å². The van der Waals surface area contributed by atoms with E-state index in [1.807, 2.05) is 0 Å². The fourth-order valence-electron chi connectivity index (χ4n) is 2.69. The number of aromatic nitrogens is 2. The summed E-state index contributed by atoms with van der Waals surface area (Å²) in [5.74, 6) is -0.136. The van der Waals surface area contributed by atoms with Gasteiger partial charge in [0.05, 0.1) is 22.9 Å². The number of para-hydroxylation sites is 1. The fraction of sp³-hybridized carbons (Fsp3) is 0.211. The zero-order valence-corrected chi connectivity index (χ0v) is 14.4. The van der Waals surface area contributed by atoms with Crippen LogP contribution in [0.1, 0.15) is 23.9 Å². The first-order valence-corrected chi connectivity index (χ1v) is 8.26. The average Bonchev–Trinajstić information content (AvgIpc) is 2.63. The molecule has 3 aromatic rings. The minimum atomic E-state index is -4.43. The van der Waals surface area contributed by atoms with Crippen LogP contribution in [0.25, 0.3) is 10.9 Å². The molecule has 140 valence electrons. The number of aryl methyl sites for hydroxylation is 1. The molecule has 0 unspecified atom stereocenters. The monoisotopic (exact) mass is 375 g/mol. The number of nitrogens with one attached hydrogen (secondary N) is 1. The van der Waals surface area contributed by atoms with Gasteiger partial charge in [0, 0.05) is 6.42 Å². The van der Waals surface area contributed by atoms with Crippen LogP contribution in [0.5, 0.6) is 0 Å². The van der Waals surface area contributed by atoms with Crippen LogP contribution in [0.4, 0.5) is 13.2 Å². The molecule has 27 heavy (non-hydrogen) atoms. The molecule has 0 saturated heterocycles. The number of hydrogen-bond donors (Lipinski definition) is 1. The van der Waals surface area contributed by atoms with Crippen LogP contribution in [-0.4, -0.2) is 15.6 Å². The van der Waals surface area contributed by atoms with E-state index in [4.69, 9.17) is 0 Å². The molecule has 2 aromatic carbocycles. The molecule has 0 spiro atoms. The largest absolute Gasteiger partial charge is 0.416 e. The van der Waals surface area contributed by atoms with Gasteiger partial charge in [-0.15, -0.1) is 0 Å². The van der Waals surface area contributed by atoms with E-state index >= 15 is 0 Å². The average molecular weight is 375 g/mol. The fourth-order valence-corrected chi connectivity index (χ4v) is 2.69. The summed E-state index contributed by atoms with van der Waals surface area (Å²) >= 11 is 0. The number of carbonyl (C=O) groups is 1. The molecule has 5 nitrogen and oxygen atoms in total. The standard InChI is InChI=1S/C19H16F3N3O2/c1-2-16-23-15-6-4-3-5-14(15)18(27)25(16)24-17(26)11-12-7-9-13(10-8-12)19(20,21)22/h3-10H,2,11H2,1H3,(H,24,26). The summed E-state index contributed by atoms with van der Waals surface area (Å²) in [6.07, 6.45) is -4.18. The Balaban J connectivity index is 1.84. The van der Waals surface area contributed by atoms with Crippen molar-refractivity contribution in [3.63, 3.8) is 0 Å². The molecule has 1 N–H and O–H groups in total. The van der Waals surface area contributed by atoms with E-state index in [9.17, 15) is 22.8 Å². The molecule has 1 amide bonds. The summed E-state index contributed by atoms with van der Waals surface area (Å²) in [5, 5.41) is 0.365. The second-order valence-electron chi connectivity index (χ2n) is 5.95. The summed E-state index contributed by atoms with van der Waals surface area (Å²) in [6, 6.07) is 11.1. The van der Waals surface area contributed by atoms with Crippen LogP contribution < -0.4 is 11.0 Å². The Bertz CT molecular complexity index is 1040. The van der Waals surface area contributed by atoms with Gasteiger partial charge in [-0.1, -0.05) is 31.2 Å². The van der Waals surface area contributed by atoms with Gasteiger partial charge < -0.3 is 0 Å². The Labute approximate surface area is 152 Å². The lowest BCUT2D eigenvalue weighted by Gasteiger charge is -2.13. The van der Waals surface area contributed by atoms with Crippen LogP contribution in [0, 0.1) is 0 Å². The number of rotatable bonds is 4. The number of amides is 1. The second kappa shape index (κ2) is 7.22. The van der Waals surface area contributed by atoms with Gasteiger partial charge in [0.1, 0.15) is 5.82 Å². The van der Waals surface area contributed by atoms with Crippen LogP contribution in [0.2, 0.25) is 0 Å². The maximum Gasteiger partial charge on any atom is 0.416 e. The predicted molar refractivity (Wildman–Crippen MR) is 94.9 cm³/mol. The van der Waals surface area contributed by atoms with Crippen molar-refractivity contribution in [1.29, 1.82) is 0 Å². The molecular weight excluding hydrogens is 359 g/mol. The second-order valence-corrected chi connectivity index (χ2v) is 5.95. The van der Waals surface area contributed by atoms with E-state index in [0.717, 1.165) is 16.8 Å². The lowest BCUT2D eigenvalue weighted by atomic mass is 10.1. The SMILES string of the molecule is CCc1nc2ccccc2c(=O)n1NC(=O)Cc1ccc(C(F)(F)F)cc1. The number of hydrogen-bond acceptors (Lipinski definition) is 3. The van der Waals surface area contributed by atoms with Crippen molar-refractivity contribution in [1.82, 2.24) is 9.66 Å². The molecule has 0 aliphatic carbocycles. The van der Waals surface area contributed by atoms with Gasteiger partial charge in [-0.2, -0.15) is 13.2 Å². The highest BCUT2D eigenvalue weighted by molar-refractivity contribution is 5.86. The van der Waals surface area contributed by atoms with Crippen LogP contribution in [-0.2, 0) is 23.8 Å².